The first-order valence-corrected chi connectivity index (χ1v) is 10.0. The number of nitrogens with zero attached hydrogens (tertiary/aromatic N) is 2. The van der Waals surface area contributed by atoms with Crippen molar-refractivity contribution in [2.24, 2.45) is 9.98 Å². The smallest absolute Gasteiger partial charge is 0.184 e. The normalized spacial score (nSPS) is 11.1. The van der Waals surface area contributed by atoms with E-state index in [1.54, 1.807) is 0 Å². The summed E-state index contributed by atoms with van der Waals surface area (Å²) in [6.07, 6.45) is 1.64. The summed E-state index contributed by atoms with van der Waals surface area (Å²) in [7, 11) is 0. The Hall–Kier alpha value is -4.34. The van der Waals surface area contributed by atoms with E-state index < -0.39 is 57.7 Å². The first kappa shape index (κ1) is 26.3. The molecule has 0 saturated heterocycles. The Morgan fingerprint density at radius 1 is 0.389 bits per heavy atom. The first-order chi connectivity index (χ1) is 17.2. The lowest BCUT2D eigenvalue weighted by molar-refractivity contribution is 0.510. The molecule has 0 saturated carbocycles. The van der Waals surface area contributed by atoms with Crippen LogP contribution in [0.1, 0.15) is 11.1 Å². The molecule has 0 atom stereocenters. The van der Waals surface area contributed by atoms with Gasteiger partial charge in [-0.15, -0.1) is 0 Å². The number of benzene rings is 4. The molecule has 0 fully saturated rings. The van der Waals surface area contributed by atoms with Gasteiger partial charge in [-0.1, -0.05) is 24.3 Å². The van der Waals surface area contributed by atoms with Crippen LogP contribution in [0.3, 0.4) is 0 Å². The van der Waals surface area contributed by atoms with E-state index in [-0.39, 0.29) is 11.4 Å². The highest BCUT2D eigenvalue weighted by Gasteiger charge is 2.09. The van der Waals surface area contributed by atoms with Crippen LogP contribution in [-0.2, 0) is 0 Å². The van der Waals surface area contributed by atoms with Crippen molar-refractivity contribution in [1.82, 2.24) is 0 Å². The van der Waals surface area contributed by atoms with E-state index in [2.05, 4.69) is 9.98 Å². The highest BCUT2D eigenvalue weighted by molar-refractivity contribution is 5.83. The van der Waals surface area contributed by atoms with Gasteiger partial charge in [0, 0.05) is 12.4 Å². The lowest BCUT2D eigenvalue weighted by Crippen LogP contribution is -1.93. The second kappa shape index (κ2) is 11.9. The first-order valence-electron chi connectivity index (χ1n) is 10.0. The van der Waals surface area contributed by atoms with Crippen molar-refractivity contribution in [3.05, 3.63) is 130 Å². The van der Waals surface area contributed by atoms with Gasteiger partial charge in [-0.25, -0.2) is 35.1 Å². The van der Waals surface area contributed by atoms with Gasteiger partial charge in [0.2, 0.25) is 0 Å². The minimum absolute atomic E-state index is 0.322. The minimum atomic E-state index is -1.16. The third-order valence-electron chi connectivity index (χ3n) is 4.53. The number of rotatable bonds is 4. The molecule has 184 valence electrons. The van der Waals surface area contributed by atoms with Crippen LogP contribution >= 0.6 is 0 Å². The predicted octanol–water partition coefficient (Wildman–Crippen LogP) is 7.99. The van der Waals surface area contributed by atoms with Crippen LogP contribution in [0.4, 0.5) is 46.5 Å². The molecule has 0 bridgehead atoms. The molecule has 0 amide bonds. The number of aliphatic imine (C=N–C) groups is 2. The highest BCUT2D eigenvalue weighted by atomic mass is 19.2. The van der Waals surface area contributed by atoms with Gasteiger partial charge in [0.05, 0.1) is 11.1 Å². The Labute approximate surface area is 199 Å². The molecule has 10 heteroatoms. The zero-order valence-corrected chi connectivity index (χ0v) is 18.0. The van der Waals surface area contributed by atoms with E-state index in [4.69, 9.17) is 0 Å². The van der Waals surface area contributed by atoms with Crippen molar-refractivity contribution in [3.63, 3.8) is 0 Å². The average molecular weight is 506 g/mol. The lowest BCUT2D eigenvalue weighted by atomic mass is 10.2. The standard InChI is InChI=1S/2C13H7F4N/c2*14-9-3-1-4-10(15)8(9)7-18-12-6-2-5-11(16)13(12)17/h2*1-7H. The summed E-state index contributed by atoms with van der Waals surface area (Å²) in [5.41, 5.74) is -1.45. The molecule has 4 aromatic carbocycles. The van der Waals surface area contributed by atoms with Crippen LogP contribution in [0.15, 0.2) is 82.8 Å². The Kier molecular flexibility index (Phi) is 8.66. The predicted molar refractivity (Wildman–Crippen MR) is 120 cm³/mol. The van der Waals surface area contributed by atoms with E-state index in [9.17, 15) is 35.1 Å². The van der Waals surface area contributed by atoms with Gasteiger partial charge in [-0.3, -0.25) is 9.98 Å². The fourth-order valence-corrected chi connectivity index (χ4v) is 2.72. The van der Waals surface area contributed by atoms with Crippen molar-refractivity contribution in [2.45, 2.75) is 0 Å². The molecule has 2 nitrogen and oxygen atoms in total. The molecular weight excluding hydrogens is 492 g/mol. The Morgan fingerprint density at radius 2 is 0.667 bits per heavy atom. The van der Waals surface area contributed by atoms with E-state index in [1.807, 2.05) is 0 Å². The summed E-state index contributed by atoms with van der Waals surface area (Å²) in [5, 5.41) is 0. The van der Waals surface area contributed by atoms with Crippen molar-refractivity contribution < 1.29 is 35.1 Å². The second-order valence-corrected chi connectivity index (χ2v) is 6.93. The maximum absolute atomic E-state index is 13.2. The van der Waals surface area contributed by atoms with Gasteiger partial charge >= 0.3 is 0 Å². The van der Waals surface area contributed by atoms with Gasteiger partial charge in [-0.2, -0.15) is 0 Å². The third kappa shape index (κ3) is 6.41. The monoisotopic (exact) mass is 506 g/mol. The van der Waals surface area contributed by atoms with Gasteiger partial charge in [-0.05, 0) is 48.5 Å². The molecule has 0 aliphatic carbocycles. The van der Waals surface area contributed by atoms with Gasteiger partial charge < -0.3 is 0 Å². The quantitative estimate of drug-likeness (QED) is 0.198. The zero-order valence-electron chi connectivity index (χ0n) is 18.0. The molecular formula is C26H14F8N2. The summed E-state index contributed by atoms with van der Waals surface area (Å²) in [6.45, 7) is 0. The highest BCUT2D eigenvalue weighted by Crippen LogP contribution is 2.21. The Balaban J connectivity index is 0.000000201. The van der Waals surface area contributed by atoms with Crippen LogP contribution in [-0.4, -0.2) is 12.4 Å². The van der Waals surface area contributed by atoms with Crippen LogP contribution in [0.2, 0.25) is 0 Å². The summed E-state index contributed by atoms with van der Waals surface area (Å²) >= 11 is 0. The number of halogens is 8. The summed E-state index contributed by atoms with van der Waals surface area (Å²) in [4.78, 5) is 7.08. The van der Waals surface area contributed by atoms with E-state index in [1.165, 1.54) is 36.4 Å². The minimum Gasteiger partial charge on any atom is -0.253 e. The molecule has 0 N–H and O–H groups in total. The second-order valence-electron chi connectivity index (χ2n) is 6.93. The summed E-state index contributed by atoms with van der Waals surface area (Å²) in [5.74, 6) is -7.76. The molecule has 36 heavy (non-hydrogen) atoms. The molecule has 0 radical (unpaired) electrons. The summed E-state index contributed by atoms with van der Waals surface area (Å²) in [6, 6.07) is 13.4. The third-order valence-corrected chi connectivity index (χ3v) is 4.53. The van der Waals surface area contributed by atoms with Crippen LogP contribution < -0.4 is 0 Å². The van der Waals surface area contributed by atoms with Gasteiger partial charge in [0.25, 0.3) is 0 Å². The summed E-state index contributed by atoms with van der Waals surface area (Å²) < 4.78 is 105. The van der Waals surface area contributed by atoms with Crippen LogP contribution in [0, 0.1) is 46.5 Å². The molecule has 0 heterocycles. The molecule has 0 aromatic heterocycles. The molecule has 0 spiro atoms. The van der Waals surface area contributed by atoms with Crippen molar-refractivity contribution >= 4 is 23.8 Å². The zero-order chi connectivity index (χ0) is 26.2. The van der Waals surface area contributed by atoms with Crippen LogP contribution in [0.5, 0.6) is 0 Å². The number of hydrogen-bond donors (Lipinski definition) is 0. The van der Waals surface area contributed by atoms with E-state index >= 15 is 0 Å². The molecule has 4 rings (SSSR count). The van der Waals surface area contributed by atoms with E-state index in [0.29, 0.717) is 0 Å². The molecule has 4 aromatic rings. The average Bonchev–Trinajstić information content (AvgIpc) is 2.84. The van der Waals surface area contributed by atoms with Crippen LogP contribution in [0.25, 0.3) is 0 Å². The fraction of sp³-hybridized carbons (Fsp3) is 0. The van der Waals surface area contributed by atoms with Gasteiger partial charge in [0.1, 0.15) is 34.6 Å². The van der Waals surface area contributed by atoms with Crippen molar-refractivity contribution in [3.8, 4) is 0 Å². The largest absolute Gasteiger partial charge is 0.253 e. The SMILES string of the molecule is Fc1cccc(N=Cc2c(F)cccc2F)c1F.Fc1cccc(N=Cc2c(F)cccc2F)c1F. The van der Waals surface area contributed by atoms with Crippen molar-refractivity contribution in [2.75, 3.05) is 0 Å². The van der Waals surface area contributed by atoms with Crippen molar-refractivity contribution in [1.29, 1.82) is 0 Å². The maximum Gasteiger partial charge on any atom is 0.184 e. The molecule has 0 aliphatic heterocycles. The Morgan fingerprint density at radius 3 is 1.00 bits per heavy atom. The fourth-order valence-electron chi connectivity index (χ4n) is 2.72. The molecule has 0 unspecified atom stereocenters. The Bertz CT molecular complexity index is 1280. The van der Waals surface area contributed by atoms with Gasteiger partial charge in [0.15, 0.2) is 23.3 Å². The molecule has 0 aliphatic rings. The van der Waals surface area contributed by atoms with E-state index in [0.717, 1.165) is 48.8 Å². The maximum atomic E-state index is 13.2. The topological polar surface area (TPSA) is 24.7 Å². The number of hydrogen-bond acceptors (Lipinski definition) is 2. The lowest BCUT2D eigenvalue weighted by Gasteiger charge is -1.99.